The maximum absolute atomic E-state index is 6.33. The SMILES string of the molecule is c1ccc(-n2c3ccccc3c3cccc(N(c4ccc5oc6ccccc6c5c4)c4cc5ccccc5c5c4sc4ccccc45)c32)cc1. The monoisotopic (exact) mass is 656 g/mol. The number of nitrogens with zero attached hydrogens (tertiary/aromatic N) is 2. The van der Waals surface area contributed by atoms with Gasteiger partial charge in [-0.1, -0.05) is 109 Å². The van der Waals surface area contributed by atoms with Gasteiger partial charge in [-0.05, 0) is 71.4 Å². The maximum atomic E-state index is 6.33. The van der Waals surface area contributed by atoms with E-state index in [-0.39, 0.29) is 0 Å². The molecular weight excluding hydrogens is 629 g/mol. The van der Waals surface area contributed by atoms with Gasteiger partial charge in [0.2, 0.25) is 0 Å². The molecule has 3 heterocycles. The normalized spacial score (nSPS) is 12.0. The second-order valence-corrected chi connectivity index (χ2v) is 13.9. The van der Waals surface area contributed by atoms with Crippen LogP contribution in [0.2, 0.25) is 0 Å². The van der Waals surface area contributed by atoms with E-state index < -0.39 is 0 Å². The first-order valence-corrected chi connectivity index (χ1v) is 17.8. The average molecular weight is 657 g/mol. The van der Waals surface area contributed by atoms with Gasteiger partial charge in [0.15, 0.2) is 0 Å². The molecule has 0 radical (unpaired) electrons. The molecular formula is C46H28N2OS. The van der Waals surface area contributed by atoms with E-state index in [0.717, 1.165) is 44.7 Å². The van der Waals surface area contributed by atoms with Crippen LogP contribution >= 0.6 is 11.3 Å². The van der Waals surface area contributed by atoms with Crippen LogP contribution in [0.15, 0.2) is 174 Å². The standard InChI is InChI=1S/C46H28N2OS/c1-2-14-30(15-3-1)48-38-21-9-6-17-33(38)35-20-12-22-39(45(35)48)47(31-25-26-42-37(28-31)34-18-7-10-23-41(34)49-42)40-27-29-13-4-5-16-32(29)44-36-19-8-11-24-43(36)50-46(40)44/h1-28H. The molecule has 0 saturated heterocycles. The summed E-state index contributed by atoms with van der Waals surface area (Å²) in [6.07, 6.45) is 0. The number of thiophene rings is 1. The third kappa shape index (κ3) is 3.91. The molecule has 0 aliphatic rings. The van der Waals surface area contributed by atoms with E-state index in [1.165, 1.54) is 52.8 Å². The molecule has 3 nitrogen and oxygen atoms in total. The Morgan fingerprint density at radius 3 is 2.08 bits per heavy atom. The molecule has 0 bridgehead atoms. The zero-order valence-corrected chi connectivity index (χ0v) is 27.7. The molecule has 0 saturated carbocycles. The molecule has 50 heavy (non-hydrogen) atoms. The van der Waals surface area contributed by atoms with Crippen LogP contribution in [0, 0.1) is 0 Å². The Morgan fingerprint density at radius 1 is 0.480 bits per heavy atom. The molecule has 4 heteroatoms. The summed E-state index contributed by atoms with van der Waals surface area (Å²) in [5.74, 6) is 0. The molecule has 234 valence electrons. The summed E-state index contributed by atoms with van der Waals surface area (Å²) in [7, 11) is 0. The minimum atomic E-state index is 0.886. The number of hydrogen-bond acceptors (Lipinski definition) is 3. The first-order valence-electron chi connectivity index (χ1n) is 16.9. The predicted molar refractivity (Wildman–Crippen MR) is 213 cm³/mol. The van der Waals surface area contributed by atoms with Gasteiger partial charge in [-0.25, -0.2) is 0 Å². The molecule has 0 N–H and O–H groups in total. The molecule has 11 rings (SSSR count). The zero-order chi connectivity index (χ0) is 32.8. The molecule has 0 atom stereocenters. The molecule has 0 fully saturated rings. The minimum Gasteiger partial charge on any atom is -0.456 e. The van der Waals surface area contributed by atoms with Gasteiger partial charge in [0.05, 0.1) is 27.1 Å². The fourth-order valence-electron chi connectivity index (χ4n) is 8.01. The van der Waals surface area contributed by atoms with Gasteiger partial charge < -0.3 is 13.9 Å². The van der Waals surface area contributed by atoms with Crippen molar-refractivity contribution >= 4 is 103 Å². The van der Waals surface area contributed by atoms with Crippen LogP contribution in [-0.4, -0.2) is 4.57 Å². The Labute approximate surface area is 291 Å². The van der Waals surface area contributed by atoms with Gasteiger partial charge in [-0.2, -0.15) is 0 Å². The molecule has 11 aromatic rings. The van der Waals surface area contributed by atoms with E-state index in [1.54, 1.807) is 0 Å². The van der Waals surface area contributed by atoms with Crippen molar-refractivity contribution in [3.05, 3.63) is 170 Å². The van der Waals surface area contributed by atoms with Gasteiger partial charge in [0.25, 0.3) is 0 Å². The number of anilines is 3. The van der Waals surface area contributed by atoms with Gasteiger partial charge in [0, 0.05) is 48.4 Å². The topological polar surface area (TPSA) is 21.3 Å². The second-order valence-electron chi connectivity index (χ2n) is 12.9. The summed E-state index contributed by atoms with van der Waals surface area (Å²) < 4.78 is 11.3. The van der Waals surface area contributed by atoms with Crippen LogP contribution < -0.4 is 4.90 Å². The lowest BCUT2D eigenvalue weighted by Gasteiger charge is -2.28. The van der Waals surface area contributed by atoms with E-state index in [9.17, 15) is 0 Å². The third-order valence-corrected chi connectivity index (χ3v) is 11.3. The van der Waals surface area contributed by atoms with Gasteiger partial charge in [-0.15, -0.1) is 11.3 Å². The Hall–Kier alpha value is -6.36. The van der Waals surface area contributed by atoms with Crippen LogP contribution in [0.1, 0.15) is 0 Å². The number of aromatic nitrogens is 1. The van der Waals surface area contributed by atoms with Crippen LogP contribution in [0.5, 0.6) is 0 Å². The van der Waals surface area contributed by atoms with Crippen LogP contribution in [0.4, 0.5) is 17.1 Å². The Kier molecular flexibility index (Phi) is 5.83. The van der Waals surface area contributed by atoms with Crippen molar-refractivity contribution in [2.45, 2.75) is 0 Å². The second kappa shape index (κ2) is 10.6. The van der Waals surface area contributed by atoms with E-state index in [0.29, 0.717) is 0 Å². The summed E-state index contributed by atoms with van der Waals surface area (Å²) in [6, 6.07) is 61.3. The molecule has 0 spiro atoms. The van der Waals surface area contributed by atoms with E-state index in [4.69, 9.17) is 4.42 Å². The maximum Gasteiger partial charge on any atom is 0.135 e. The molecule has 0 aliphatic carbocycles. The summed E-state index contributed by atoms with van der Waals surface area (Å²) in [5, 5.41) is 9.75. The highest BCUT2D eigenvalue weighted by Crippen LogP contribution is 2.50. The zero-order valence-electron chi connectivity index (χ0n) is 26.9. The molecule has 3 aromatic heterocycles. The van der Waals surface area contributed by atoms with E-state index >= 15 is 0 Å². The summed E-state index contributed by atoms with van der Waals surface area (Å²) >= 11 is 1.87. The largest absolute Gasteiger partial charge is 0.456 e. The van der Waals surface area contributed by atoms with Gasteiger partial charge >= 0.3 is 0 Å². The lowest BCUT2D eigenvalue weighted by Crippen LogP contribution is -2.12. The van der Waals surface area contributed by atoms with Crippen molar-refractivity contribution < 1.29 is 4.42 Å². The van der Waals surface area contributed by atoms with Crippen molar-refractivity contribution in [3.63, 3.8) is 0 Å². The molecule has 0 amide bonds. The number of para-hydroxylation sites is 4. The number of furan rings is 1. The number of rotatable bonds is 4. The van der Waals surface area contributed by atoms with Crippen molar-refractivity contribution in [2.75, 3.05) is 4.90 Å². The van der Waals surface area contributed by atoms with Crippen LogP contribution in [0.3, 0.4) is 0 Å². The number of fused-ring (bicyclic) bond motifs is 11. The van der Waals surface area contributed by atoms with Crippen LogP contribution in [0.25, 0.3) is 80.4 Å². The molecule has 0 unspecified atom stereocenters. The summed E-state index contributed by atoms with van der Waals surface area (Å²) in [5.41, 5.74) is 8.62. The summed E-state index contributed by atoms with van der Waals surface area (Å²) in [4.78, 5) is 2.49. The minimum absolute atomic E-state index is 0.886. The van der Waals surface area contributed by atoms with E-state index in [2.05, 4.69) is 173 Å². The van der Waals surface area contributed by atoms with Crippen molar-refractivity contribution in [1.29, 1.82) is 0 Å². The van der Waals surface area contributed by atoms with Crippen molar-refractivity contribution in [1.82, 2.24) is 4.57 Å². The Balaban J connectivity index is 1.32. The lowest BCUT2D eigenvalue weighted by atomic mass is 10.0. The average Bonchev–Trinajstić information content (AvgIpc) is 3.86. The lowest BCUT2D eigenvalue weighted by molar-refractivity contribution is 0.669. The highest BCUT2D eigenvalue weighted by Gasteiger charge is 2.25. The molecule has 8 aromatic carbocycles. The van der Waals surface area contributed by atoms with Gasteiger partial charge in [0.1, 0.15) is 11.2 Å². The first kappa shape index (κ1) is 27.6. The molecule has 0 aliphatic heterocycles. The number of benzene rings is 8. The Bertz CT molecular complexity index is 3110. The highest BCUT2D eigenvalue weighted by atomic mass is 32.1. The predicted octanol–water partition coefficient (Wildman–Crippen LogP) is 13.7. The summed E-state index contributed by atoms with van der Waals surface area (Å²) in [6.45, 7) is 0. The van der Waals surface area contributed by atoms with Crippen molar-refractivity contribution in [3.8, 4) is 5.69 Å². The smallest absolute Gasteiger partial charge is 0.135 e. The highest BCUT2D eigenvalue weighted by molar-refractivity contribution is 7.26. The van der Waals surface area contributed by atoms with Crippen molar-refractivity contribution in [2.24, 2.45) is 0 Å². The first-order chi connectivity index (χ1) is 24.8. The Morgan fingerprint density at radius 2 is 1.18 bits per heavy atom. The van der Waals surface area contributed by atoms with Gasteiger partial charge in [-0.3, -0.25) is 0 Å². The fraction of sp³-hybridized carbons (Fsp3) is 0. The van der Waals surface area contributed by atoms with Crippen LogP contribution in [-0.2, 0) is 0 Å². The quantitative estimate of drug-likeness (QED) is 0.188. The fourth-order valence-corrected chi connectivity index (χ4v) is 9.23. The number of hydrogen-bond donors (Lipinski definition) is 0. The van der Waals surface area contributed by atoms with E-state index in [1.807, 2.05) is 17.4 Å². The third-order valence-electron chi connectivity index (χ3n) is 10.1.